The minimum Gasteiger partial charge on any atom is -0.390 e. The van der Waals surface area contributed by atoms with Crippen molar-refractivity contribution >= 4 is 32.7 Å². The third-order valence-corrected chi connectivity index (χ3v) is 7.70. The average Bonchev–Trinajstić information content (AvgIpc) is 3.57. The first-order valence-corrected chi connectivity index (χ1v) is 13.6. The van der Waals surface area contributed by atoms with Crippen LogP contribution in [0.3, 0.4) is 0 Å². The van der Waals surface area contributed by atoms with Crippen LogP contribution in [0, 0.1) is 29.4 Å². The van der Waals surface area contributed by atoms with Crippen LogP contribution in [0.1, 0.15) is 36.4 Å². The van der Waals surface area contributed by atoms with Crippen molar-refractivity contribution in [2.45, 2.75) is 37.5 Å². The van der Waals surface area contributed by atoms with Crippen LogP contribution in [0.2, 0.25) is 0 Å². The molecule has 1 saturated heterocycles. The fourth-order valence-corrected chi connectivity index (χ4v) is 5.67. The maximum absolute atomic E-state index is 14.9. The van der Waals surface area contributed by atoms with Crippen LogP contribution in [0.5, 0.6) is 0 Å². The van der Waals surface area contributed by atoms with Crippen molar-refractivity contribution in [3.8, 4) is 11.8 Å². The Hall–Kier alpha value is -3.35. The number of nitrogens with one attached hydrogen (secondary N) is 1. The average molecular weight is 548 g/mol. The summed E-state index contributed by atoms with van der Waals surface area (Å²) in [5, 5.41) is 26.6. The molecule has 7 N–H and O–H groups in total. The molecule has 2 aliphatic rings. The van der Waals surface area contributed by atoms with Crippen molar-refractivity contribution in [2.24, 2.45) is 11.1 Å². The minimum atomic E-state index is -3.99. The van der Waals surface area contributed by atoms with Gasteiger partial charge in [-0.25, -0.2) is 28.6 Å². The van der Waals surface area contributed by atoms with Crippen LogP contribution in [-0.2, 0) is 10.2 Å². The van der Waals surface area contributed by atoms with E-state index >= 15 is 0 Å². The highest BCUT2D eigenvalue weighted by Crippen LogP contribution is 2.38. The third-order valence-electron chi connectivity index (χ3n) is 7.13. The molecule has 0 spiro atoms. The Morgan fingerprint density at radius 2 is 1.79 bits per heavy atom. The number of nitrogens with two attached hydrogens (primary N) is 2. The van der Waals surface area contributed by atoms with Crippen molar-refractivity contribution in [1.82, 2.24) is 19.3 Å². The highest BCUT2D eigenvalue weighted by molar-refractivity contribution is 7.87. The number of rotatable bonds is 5. The molecule has 1 aliphatic heterocycles. The summed E-state index contributed by atoms with van der Waals surface area (Å²) in [5.41, 5.74) is 6.73. The van der Waals surface area contributed by atoms with E-state index in [1.807, 2.05) is 4.90 Å². The number of hydrogen-bond acceptors (Lipinski definition) is 8. The molecule has 14 heteroatoms. The molecule has 38 heavy (non-hydrogen) atoms. The number of aromatic nitrogens is 3. The molecule has 1 aromatic carbocycles. The molecule has 3 aromatic rings. The normalized spacial score (nSPS) is 23.7. The van der Waals surface area contributed by atoms with Crippen molar-refractivity contribution in [3.63, 3.8) is 0 Å². The summed E-state index contributed by atoms with van der Waals surface area (Å²) in [6.45, 7) is 1.30. The van der Waals surface area contributed by atoms with Gasteiger partial charge in [0.15, 0.2) is 0 Å². The van der Waals surface area contributed by atoms with Gasteiger partial charge in [0.2, 0.25) is 0 Å². The first-order chi connectivity index (χ1) is 18.0. The van der Waals surface area contributed by atoms with Gasteiger partial charge in [-0.3, -0.25) is 0 Å². The summed E-state index contributed by atoms with van der Waals surface area (Å²) in [6.07, 6.45) is 2.32. The van der Waals surface area contributed by atoms with Crippen LogP contribution in [-0.4, -0.2) is 65.0 Å². The summed E-state index contributed by atoms with van der Waals surface area (Å²) in [7, 11) is -3.99. The van der Waals surface area contributed by atoms with Gasteiger partial charge in [-0.1, -0.05) is 11.8 Å². The van der Waals surface area contributed by atoms with E-state index in [9.17, 15) is 27.4 Å². The summed E-state index contributed by atoms with van der Waals surface area (Å²) >= 11 is 0. The van der Waals surface area contributed by atoms with Crippen LogP contribution < -0.4 is 20.5 Å². The SMILES string of the molecule is Nc1ncnc2c1c(C#Cc1c(F)cc(N3CCCC3)cc1F)cn2[C@@H]1C[C@H](CNS(N)(=O)=O)[C@@H](O)[C@H]1O. The van der Waals surface area contributed by atoms with E-state index in [2.05, 4.69) is 26.5 Å². The molecule has 3 heterocycles. The lowest BCUT2D eigenvalue weighted by Gasteiger charge is -2.19. The Morgan fingerprint density at radius 3 is 2.45 bits per heavy atom. The lowest BCUT2D eigenvalue weighted by Crippen LogP contribution is -2.38. The molecule has 0 bridgehead atoms. The molecule has 11 nitrogen and oxygen atoms in total. The van der Waals surface area contributed by atoms with Gasteiger partial charge < -0.3 is 25.4 Å². The number of aliphatic hydroxyl groups is 2. The second-order valence-corrected chi connectivity index (χ2v) is 11.0. The summed E-state index contributed by atoms with van der Waals surface area (Å²) < 4.78 is 56.0. The number of nitrogens with zero attached hydrogens (tertiary/aromatic N) is 4. The van der Waals surface area contributed by atoms with E-state index in [4.69, 9.17) is 10.9 Å². The molecule has 0 amide bonds. The van der Waals surface area contributed by atoms with Gasteiger partial charge in [0.25, 0.3) is 10.2 Å². The van der Waals surface area contributed by atoms with Gasteiger partial charge in [-0.05, 0) is 31.4 Å². The van der Waals surface area contributed by atoms with E-state index in [1.165, 1.54) is 24.7 Å². The van der Waals surface area contributed by atoms with E-state index in [0.717, 1.165) is 25.9 Å². The summed E-state index contributed by atoms with van der Waals surface area (Å²) in [4.78, 5) is 10.2. The molecular formula is C24H27F2N7O4S. The monoisotopic (exact) mass is 547 g/mol. The van der Waals surface area contributed by atoms with E-state index in [0.29, 0.717) is 16.7 Å². The Labute approximate surface area is 217 Å². The second-order valence-electron chi connectivity index (χ2n) is 9.57. The van der Waals surface area contributed by atoms with Crippen LogP contribution in [0.4, 0.5) is 20.3 Å². The summed E-state index contributed by atoms with van der Waals surface area (Å²) in [6, 6.07) is 1.81. The first-order valence-electron chi connectivity index (χ1n) is 12.0. The second kappa shape index (κ2) is 10.1. The number of benzene rings is 1. The molecule has 2 fully saturated rings. The van der Waals surface area contributed by atoms with Gasteiger partial charge >= 0.3 is 0 Å². The third kappa shape index (κ3) is 5.03. The van der Waals surface area contributed by atoms with Gasteiger partial charge in [0.05, 0.1) is 28.7 Å². The number of halogens is 2. The fourth-order valence-electron chi connectivity index (χ4n) is 5.22. The Morgan fingerprint density at radius 1 is 1.11 bits per heavy atom. The predicted molar refractivity (Wildman–Crippen MR) is 136 cm³/mol. The molecule has 0 unspecified atom stereocenters. The van der Waals surface area contributed by atoms with Crippen LogP contribution in [0.15, 0.2) is 24.7 Å². The standard InChI is InChI=1S/C24H27F2N7O4S/c25-17-8-15(32-5-1-2-6-32)9-18(26)16(17)4-3-13-11-33(24-20(13)23(27)29-12-30-24)19-7-14(21(34)22(19)35)10-31-38(28,36)37/h8-9,11-12,14,19,21-22,31,34-35H,1-2,5-7,10H2,(H2,27,29,30)(H2,28,36,37)/t14-,19-,21-,22+/m1/s1. The zero-order valence-corrected chi connectivity index (χ0v) is 21.0. The molecular weight excluding hydrogens is 520 g/mol. The summed E-state index contributed by atoms with van der Waals surface area (Å²) in [5.74, 6) is 3.18. The smallest absolute Gasteiger partial charge is 0.274 e. The van der Waals surface area contributed by atoms with Crippen molar-refractivity contribution in [3.05, 3.63) is 47.4 Å². The van der Waals surface area contributed by atoms with Crippen molar-refractivity contribution in [2.75, 3.05) is 30.3 Å². The molecule has 0 radical (unpaired) electrons. The van der Waals surface area contributed by atoms with Gasteiger partial charge in [-0.2, -0.15) is 8.42 Å². The minimum absolute atomic E-state index is 0.0730. The molecule has 1 saturated carbocycles. The van der Waals surface area contributed by atoms with Gasteiger partial charge in [0, 0.05) is 37.4 Å². The lowest BCUT2D eigenvalue weighted by atomic mass is 10.1. The van der Waals surface area contributed by atoms with E-state index in [-0.39, 0.29) is 24.3 Å². The quantitative estimate of drug-likeness (QED) is 0.285. The Balaban J connectivity index is 1.50. The van der Waals surface area contributed by atoms with Crippen LogP contribution in [0.25, 0.3) is 11.0 Å². The number of nitrogen functional groups attached to an aromatic ring is 1. The molecule has 202 valence electrons. The Bertz CT molecular complexity index is 1520. The van der Waals surface area contributed by atoms with E-state index < -0.39 is 51.6 Å². The number of aliphatic hydroxyl groups excluding tert-OH is 2. The zero-order valence-electron chi connectivity index (χ0n) is 20.2. The number of fused-ring (bicyclic) bond motifs is 1. The predicted octanol–water partition coefficient (Wildman–Crippen LogP) is 0.368. The zero-order chi connectivity index (χ0) is 27.2. The first kappa shape index (κ1) is 26.3. The van der Waals surface area contributed by atoms with Crippen LogP contribution >= 0.6 is 0 Å². The van der Waals surface area contributed by atoms with Gasteiger partial charge in [-0.15, -0.1) is 0 Å². The fraction of sp³-hybridized carbons (Fsp3) is 0.417. The molecule has 4 atom stereocenters. The molecule has 2 aromatic heterocycles. The van der Waals surface area contributed by atoms with Crippen molar-refractivity contribution < 1.29 is 27.4 Å². The maximum atomic E-state index is 14.9. The van der Waals surface area contributed by atoms with Gasteiger partial charge in [0.1, 0.15) is 35.5 Å². The van der Waals surface area contributed by atoms with Crippen molar-refractivity contribution in [1.29, 1.82) is 0 Å². The Kier molecular flexibility index (Phi) is 6.97. The maximum Gasteiger partial charge on any atom is 0.274 e. The molecule has 5 rings (SSSR count). The highest BCUT2D eigenvalue weighted by Gasteiger charge is 2.43. The number of hydrogen-bond donors (Lipinski definition) is 5. The molecule has 1 aliphatic carbocycles. The highest BCUT2D eigenvalue weighted by atomic mass is 32.2. The lowest BCUT2D eigenvalue weighted by molar-refractivity contribution is 0.00769. The topological polar surface area (TPSA) is 173 Å². The largest absolute Gasteiger partial charge is 0.390 e. The number of anilines is 2. The van der Waals surface area contributed by atoms with E-state index in [1.54, 1.807) is 4.57 Å².